The maximum atomic E-state index is 6.32. The Bertz CT molecular complexity index is 391. The zero-order valence-electron chi connectivity index (χ0n) is 11.2. The normalized spacial score (nSPS) is 25.1. The third-order valence-corrected chi connectivity index (χ3v) is 4.53. The molecule has 2 heterocycles. The lowest BCUT2D eigenvalue weighted by Gasteiger charge is -2.36. The van der Waals surface area contributed by atoms with Gasteiger partial charge in [0, 0.05) is 28.8 Å². The van der Waals surface area contributed by atoms with Gasteiger partial charge in [-0.1, -0.05) is 0 Å². The Morgan fingerprint density at radius 3 is 2.78 bits per heavy atom. The number of rotatable bonds is 3. The van der Waals surface area contributed by atoms with E-state index in [1.165, 1.54) is 0 Å². The highest BCUT2D eigenvalue weighted by atomic mass is 79.9. The molecule has 1 aliphatic heterocycles. The summed E-state index contributed by atoms with van der Waals surface area (Å²) in [6.45, 7) is 8.76. The molecule has 1 N–H and O–H groups in total. The van der Waals surface area contributed by atoms with Gasteiger partial charge in [-0.15, -0.1) is 0 Å². The third-order valence-electron chi connectivity index (χ3n) is 3.05. The second-order valence-electron chi connectivity index (χ2n) is 5.77. The number of pyridine rings is 1. The molecule has 0 aliphatic carbocycles. The number of aromatic nitrogens is 1. The van der Waals surface area contributed by atoms with Gasteiger partial charge in [0.25, 0.3) is 0 Å². The molecule has 1 aliphatic rings. The summed E-state index contributed by atoms with van der Waals surface area (Å²) in [7, 11) is -1.50. The van der Waals surface area contributed by atoms with Crippen molar-refractivity contribution in [2.45, 2.75) is 38.1 Å². The summed E-state index contributed by atoms with van der Waals surface area (Å²) in [4.78, 5) is 4.53. The summed E-state index contributed by atoms with van der Waals surface area (Å²) in [5.41, 5.74) is 1.13. The topological polar surface area (TPSA) is 34.1 Å². The summed E-state index contributed by atoms with van der Waals surface area (Å²) in [6.07, 6.45) is 3.26. The summed E-state index contributed by atoms with van der Waals surface area (Å²) in [6, 6.07) is 4.16. The molecule has 0 aromatic carbocycles. The monoisotopic (exact) mass is 328 g/mol. The molecule has 2 rings (SSSR count). The quantitative estimate of drug-likeness (QED) is 0.865. The lowest BCUT2D eigenvalue weighted by Crippen LogP contribution is -2.44. The van der Waals surface area contributed by atoms with Crippen LogP contribution in [0.15, 0.2) is 22.8 Å². The van der Waals surface area contributed by atoms with Crippen LogP contribution in [0.5, 0.6) is 0 Å². The number of nitrogens with one attached hydrogen (secondary N) is 1. The van der Waals surface area contributed by atoms with Crippen molar-refractivity contribution in [2.24, 2.45) is 0 Å². The molecule has 0 bridgehead atoms. The highest BCUT2D eigenvalue weighted by molar-refractivity contribution is 9.10. The summed E-state index contributed by atoms with van der Waals surface area (Å²) in [5.74, 6) is 0.374. The van der Waals surface area contributed by atoms with Gasteiger partial charge in [-0.3, -0.25) is 4.98 Å². The van der Waals surface area contributed by atoms with Gasteiger partial charge in [0.2, 0.25) is 0 Å². The second kappa shape index (κ2) is 5.82. The van der Waals surface area contributed by atoms with Crippen LogP contribution in [0.3, 0.4) is 0 Å². The minimum Gasteiger partial charge on any atom is -0.414 e. The average Bonchev–Trinajstić information content (AvgIpc) is 2.29. The van der Waals surface area contributed by atoms with Gasteiger partial charge in [0.15, 0.2) is 8.32 Å². The van der Waals surface area contributed by atoms with Crippen LogP contribution in [0.2, 0.25) is 19.6 Å². The molecule has 5 heteroatoms. The van der Waals surface area contributed by atoms with E-state index in [1.807, 2.05) is 6.20 Å². The van der Waals surface area contributed by atoms with Crippen LogP contribution in [-0.4, -0.2) is 32.5 Å². The Morgan fingerprint density at radius 2 is 2.17 bits per heavy atom. The van der Waals surface area contributed by atoms with E-state index in [-0.39, 0.29) is 0 Å². The van der Waals surface area contributed by atoms with Crippen LogP contribution in [0.1, 0.15) is 18.0 Å². The van der Waals surface area contributed by atoms with Crippen LogP contribution in [0.4, 0.5) is 0 Å². The number of halogens is 1. The first-order valence-electron chi connectivity index (χ1n) is 6.46. The largest absolute Gasteiger partial charge is 0.414 e. The minimum atomic E-state index is -1.50. The van der Waals surface area contributed by atoms with Crippen LogP contribution in [0.25, 0.3) is 0 Å². The zero-order chi connectivity index (χ0) is 13.2. The highest BCUT2D eigenvalue weighted by Gasteiger charge is 2.31. The molecule has 0 radical (unpaired) electrons. The fourth-order valence-electron chi connectivity index (χ4n) is 2.33. The molecule has 3 nitrogen and oxygen atoms in total. The molecule has 100 valence electrons. The molecule has 2 atom stereocenters. The number of hydrogen-bond acceptors (Lipinski definition) is 3. The molecule has 18 heavy (non-hydrogen) atoms. The average molecular weight is 329 g/mol. The Balaban J connectivity index is 2.14. The van der Waals surface area contributed by atoms with E-state index in [1.54, 1.807) is 0 Å². The van der Waals surface area contributed by atoms with Gasteiger partial charge < -0.3 is 9.74 Å². The smallest absolute Gasteiger partial charge is 0.184 e. The van der Waals surface area contributed by atoms with Gasteiger partial charge in [-0.25, -0.2) is 0 Å². The fraction of sp³-hybridized carbons (Fsp3) is 0.615. The summed E-state index contributed by atoms with van der Waals surface area (Å²) < 4.78 is 7.35. The molecule has 1 aromatic rings. The molecule has 1 aromatic heterocycles. The lowest BCUT2D eigenvalue weighted by atomic mass is 9.92. The van der Waals surface area contributed by atoms with Crippen LogP contribution >= 0.6 is 15.9 Å². The summed E-state index contributed by atoms with van der Waals surface area (Å²) >= 11 is 3.43. The Hall–Kier alpha value is -0.233. The predicted octanol–water partition coefficient (Wildman–Crippen LogP) is 3.14. The maximum Gasteiger partial charge on any atom is 0.184 e. The Morgan fingerprint density at radius 1 is 1.39 bits per heavy atom. The minimum absolute atomic E-state index is 0.312. The molecule has 0 saturated carbocycles. The van der Waals surface area contributed by atoms with E-state index in [2.05, 4.69) is 58.0 Å². The van der Waals surface area contributed by atoms with E-state index in [0.29, 0.717) is 12.0 Å². The molecule has 1 saturated heterocycles. The summed E-state index contributed by atoms with van der Waals surface area (Å²) in [5, 5.41) is 3.45. The molecule has 0 spiro atoms. The van der Waals surface area contributed by atoms with Crippen molar-refractivity contribution in [3.05, 3.63) is 28.5 Å². The van der Waals surface area contributed by atoms with Crippen LogP contribution in [-0.2, 0) is 4.43 Å². The van der Waals surface area contributed by atoms with Crippen LogP contribution < -0.4 is 5.32 Å². The number of hydrogen-bond donors (Lipinski definition) is 1. The van der Waals surface area contributed by atoms with Crippen molar-refractivity contribution in [3.63, 3.8) is 0 Å². The zero-order valence-corrected chi connectivity index (χ0v) is 13.8. The van der Waals surface area contributed by atoms with E-state index in [0.717, 1.165) is 29.7 Å². The maximum absolute atomic E-state index is 6.32. The second-order valence-corrected chi connectivity index (χ2v) is 11.1. The van der Waals surface area contributed by atoms with Gasteiger partial charge in [-0.05, 0) is 60.7 Å². The molecule has 2 unspecified atom stereocenters. The van der Waals surface area contributed by atoms with Gasteiger partial charge in [0.1, 0.15) is 0 Å². The standard InChI is InChI=1S/C13H21BrN2OSi/c1-18(2,3)17-13-6-7-15-9-11(13)12-5-4-10(14)8-16-12/h4-5,8,11,13,15H,6-7,9H2,1-3H3. The molecule has 1 fully saturated rings. The van der Waals surface area contributed by atoms with Crippen molar-refractivity contribution in [1.82, 2.24) is 10.3 Å². The van der Waals surface area contributed by atoms with Crippen molar-refractivity contribution in [3.8, 4) is 0 Å². The first-order chi connectivity index (χ1) is 8.46. The van der Waals surface area contributed by atoms with E-state index >= 15 is 0 Å². The van der Waals surface area contributed by atoms with Crippen LogP contribution in [0, 0.1) is 0 Å². The number of nitrogens with zero attached hydrogens (tertiary/aromatic N) is 1. The van der Waals surface area contributed by atoms with Gasteiger partial charge in [0.05, 0.1) is 6.10 Å². The van der Waals surface area contributed by atoms with Gasteiger partial charge in [-0.2, -0.15) is 0 Å². The van der Waals surface area contributed by atoms with Crippen molar-refractivity contribution in [2.75, 3.05) is 13.1 Å². The van der Waals surface area contributed by atoms with E-state index < -0.39 is 8.32 Å². The van der Waals surface area contributed by atoms with E-state index in [4.69, 9.17) is 4.43 Å². The number of piperidine rings is 1. The van der Waals surface area contributed by atoms with Gasteiger partial charge >= 0.3 is 0 Å². The van der Waals surface area contributed by atoms with Crippen molar-refractivity contribution >= 4 is 24.2 Å². The Kier molecular flexibility index (Phi) is 4.58. The molecular formula is C13H21BrN2OSi. The predicted molar refractivity (Wildman–Crippen MR) is 80.4 cm³/mol. The molecule has 0 amide bonds. The first-order valence-corrected chi connectivity index (χ1v) is 10.7. The lowest BCUT2D eigenvalue weighted by molar-refractivity contribution is 0.130. The van der Waals surface area contributed by atoms with Crippen molar-refractivity contribution < 1.29 is 4.43 Å². The van der Waals surface area contributed by atoms with Crippen molar-refractivity contribution in [1.29, 1.82) is 0 Å². The van der Waals surface area contributed by atoms with E-state index in [9.17, 15) is 0 Å². The Labute approximate surface area is 119 Å². The first kappa shape index (κ1) is 14.2. The molecular weight excluding hydrogens is 308 g/mol. The third kappa shape index (κ3) is 3.88. The SMILES string of the molecule is C[Si](C)(C)OC1CCNCC1c1ccc(Br)cn1. The fourth-order valence-corrected chi connectivity index (χ4v) is 3.76. The highest BCUT2D eigenvalue weighted by Crippen LogP contribution is 2.28.